The average Bonchev–Trinajstić information content (AvgIpc) is 3.36. The van der Waals surface area contributed by atoms with Crippen LogP contribution in [0, 0.1) is 0 Å². The lowest BCUT2D eigenvalue weighted by atomic mass is 9.87. The van der Waals surface area contributed by atoms with Gasteiger partial charge in [-0.25, -0.2) is 0 Å². The first-order valence-electron chi connectivity index (χ1n) is 12.1. The summed E-state index contributed by atoms with van der Waals surface area (Å²) in [7, 11) is 6.19. The van der Waals surface area contributed by atoms with Gasteiger partial charge in [-0.1, -0.05) is 29.5 Å². The van der Waals surface area contributed by atoms with Gasteiger partial charge in [-0.15, -0.1) is 0 Å². The number of nitrogens with zero attached hydrogens (tertiary/aromatic N) is 1. The van der Waals surface area contributed by atoms with Crippen LogP contribution in [0.5, 0.6) is 11.5 Å². The van der Waals surface area contributed by atoms with Crippen LogP contribution in [0.15, 0.2) is 12.1 Å². The molecule has 0 radical (unpaired) electrons. The molecule has 1 aromatic carbocycles. The highest BCUT2D eigenvalue weighted by Crippen LogP contribution is 2.39. The number of rotatable bonds is 6. The first-order valence-corrected chi connectivity index (χ1v) is 13.6. The molecule has 12 heteroatoms. The van der Waals surface area contributed by atoms with Crippen molar-refractivity contribution in [2.24, 2.45) is 0 Å². The average molecular weight is 635 g/mol. The lowest BCUT2D eigenvalue weighted by Gasteiger charge is -2.45. The van der Waals surface area contributed by atoms with Crippen LogP contribution in [0.4, 0.5) is 0 Å². The quantitative estimate of drug-likeness (QED) is 0.363. The summed E-state index contributed by atoms with van der Waals surface area (Å²) in [4.78, 5) is 28.1. The monoisotopic (exact) mass is 635 g/mol. The molecule has 3 aliphatic rings. The minimum Gasteiger partial charge on any atom is -0.454 e. The van der Waals surface area contributed by atoms with E-state index in [9.17, 15) is 14.7 Å². The summed E-state index contributed by atoms with van der Waals surface area (Å²) >= 11 is 2.18. The van der Waals surface area contributed by atoms with E-state index in [0.717, 1.165) is 11.1 Å². The van der Waals surface area contributed by atoms with Crippen LogP contribution in [-0.2, 0) is 39.8 Å². The number of aliphatic hydroxyl groups excluding tert-OH is 1. The first-order chi connectivity index (χ1) is 17.7. The number of aliphatic hydroxyl groups is 1. The zero-order valence-electron chi connectivity index (χ0n) is 21.5. The number of hydrogen-bond acceptors (Lipinski definition) is 10. The van der Waals surface area contributed by atoms with Gasteiger partial charge in [0.05, 0.1) is 6.10 Å². The van der Waals surface area contributed by atoms with Gasteiger partial charge < -0.3 is 43.2 Å². The summed E-state index contributed by atoms with van der Waals surface area (Å²) in [6, 6.07) is 3.57. The van der Waals surface area contributed by atoms with Gasteiger partial charge in [0.25, 0.3) is 5.91 Å². The fourth-order valence-electron chi connectivity index (χ4n) is 5.13. The Labute approximate surface area is 229 Å². The standard InChI is InChI=1S/C25H34INO10/c1-12-14-7-17-16(34-11-35-17)6-13(14)10-27(2)24(30)20(29)18(8-15(12)28)36-25-23(33-5)22(32-4)21(31-3)19(9-26)37-25/h6-7,12,18-23,25,29H,8-11H2,1-5H3/t12-,18+,19+,20-,21+,22-,23+,25+/m0/s1. The highest BCUT2D eigenvalue weighted by molar-refractivity contribution is 14.1. The maximum Gasteiger partial charge on any atom is 0.254 e. The Morgan fingerprint density at radius 2 is 1.70 bits per heavy atom. The topological polar surface area (TPSA) is 122 Å². The maximum atomic E-state index is 13.5. The van der Waals surface area contributed by atoms with Crippen LogP contribution in [0.3, 0.4) is 0 Å². The Kier molecular flexibility index (Phi) is 9.30. The molecule has 8 atom stereocenters. The number of benzene rings is 1. The molecular weight excluding hydrogens is 601 g/mol. The van der Waals surface area contributed by atoms with E-state index in [1.54, 1.807) is 40.3 Å². The molecule has 4 rings (SSSR count). The molecule has 0 saturated carbocycles. The number of carbonyl (C=O) groups excluding carboxylic acids is 2. The fourth-order valence-corrected chi connectivity index (χ4v) is 5.84. The molecule has 3 heterocycles. The minimum absolute atomic E-state index is 0.0939. The second-order valence-electron chi connectivity index (χ2n) is 9.41. The number of alkyl halides is 1. The first kappa shape index (κ1) is 28.5. The second kappa shape index (κ2) is 12.1. The highest BCUT2D eigenvalue weighted by atomic mass is 127. The largest absolute Gasteiger partial charge is 0.454 e. The molecule has 0 spiro atoms. The van der Waals surface area contributed by atoms with Gasteiger partial charge in [0.2, 0.25) is 6.79 Å². The van der Waals surface area contributed by atoms with Gasteiger partial charge >= 0.3 is 0 Å². The van der Waals surface area contributed by atoms with E-state index < -0.39 is 54.7 Å². The third kappa shape index (κ3) is 5.60. The van der Waals surface area contributed by atoms with Crippen LogP contribution in [0.1, 0.15) is 30.4 Å². The Balaban J connectivity index is 1.64. The van der Waals surface area contributed by atoms with E-state index in [1.165, 1.54) is 12.0 Å². The van der Waals surface area contributed by atoms with Gasteiger partial charge in [-0.05, 0) is 23.3 Å². The molecule has 0 aromatic heterocycles. The van der Waals surface area contributed by atoms with Gasteiger partial charge in [0.15, 0.2) is 23.9 Å². The molecule has 37 heavy (non-hydrogen) atoms. The Hall–Kier alpha value is -1.55. The molecule has 1 aromatic rings. The van der Waals surface area contributed by atoms with Crippen molar-refractivity contribution < 1.29 is 47.9 Å². The number of Topliss-reactive ketones (excluding diaryl/α,β-unsaturated/α-hetero) is 1. The number of ketones is 1. The highest BCUT2D eigenvalue weighted by Gasteiger charge is 2.49. The van der Waals surface area contributed by atoms with Crippen LogP contribution in [0.2, 0.25) is 0 Å². The lowest BCUT2D eigenvalue weighted by Crippen LogP contribution is -2.62. The van der Waals surface area contributed by atoms with E-state index in [-0.39, 0.29) is 25.5 Å². The van der Waals surface area contributed by atoms with Crippen LogP contribution < -0.4 is 9.47 Å². The van der Waals surface area contributed by atoms with E-state index >= 15 is 0 Å². The van der Waals surface area contributed by atoms with Crippen LogP contribution >= 0.6 is 22.6 Å². The smallest absolute Gasteiger partial charge is 0.254 e. The Morgan fingerprint density at radius 1 is 1.05 bits per heavy atom. The van der Waals surface area contributed by atoms with Crippen molar-refractivity contribution in [1.29, 1.82) is 0 Å². The molecule has 0 unspecified atom stereocenters. The fraction of sp³-hybridized carbons (Fsp3) is 0.680. The summed E-state index contributed by atoms with van der Waals surface area (Å²) in [5.41, 5.74) is 1.49. The number of fused-ring (bicyclic) bond motifs is 2. The molecule has 0 bridgehead atoms. The van der Waals surface area contributed by atoms with Crippen molar-refractivity contribution in [3.63, 3.8) is 0 Å². The van der Waals surface area contributed by atoms with Crippen molar-refractivity contribution in [3.05, 3.63) is 23.3 Å². The number of methoxy groups -OCH3 is 3. The number of ether oxygens (including phenoxy) is 7. The number of carbonyl (C=O) groups is 2. The van der Waals surface area contributed by atoms with Crippen molar-refractivity contribution in [3.8, 4) is 11.5 Å². The molecule has 0 aliphatic carbocycles. The Bertz CT molecular complexity index is 992. The summed E-state index contributed by atoms with van der Waals surface area (Å²) < 4.78 is 40.8. The van der Waals surface area contributed by atoms with Crippen molar-refractivity contribution in [1.82, 2.24) is 4.90 Å². The van der Waals surface area contributed by atoms with E-state index in [4.69, 9.17) is 33.2 Å². The van der Waals surface area contributed by atoms with Gasteiger partial charge in [-0.2, -0.15) is 0 Å². The molecule has 206 valence electrons. The van der Waals surface area contributed by atoms with Crippen molar-refractivity contribution in [2.75, 3.05) is 39.6 Å². The summed E-state index contributed by atoms with van der Waals surface area (Å²) in [6.07, 6.45) is -6.07. The summed E-state index contributed by atoms with van der Waals surface area (Å²) in [6.45, 7) is 2.06. The van der Waals surface area contributed by atoms with E-state index in [0.29, 0.717) is 15.9 Å². The maximum absolute atomic E-state index is 13.5. The van der Waals surface area contributed by atoms with Gasteiger partial charge in [-0.3, -0.25) is 9.59 Å². The number of amides is 1. The Morgan fingerprint density at radius 3 is 2.32 bits per heavy atom. The molecule has 11 nitrogen and oxygen atoms in total. The SMILES string of the molecule is CO[C@@H]1[C@@H](OC)[C@H](O[C@@H]2CC(=O)[C@@H](C)c3cc4c(cc3CN(C)C(=O)[C@H]2O)OCO4)O[C@H](CI)[C@H]1OC. The molecular formula is C25H34INO10. The molecule has 3 aliphatic heterocycles. The summed E-state index contributed by atoms with van der Waals surface area (Å²) in [5, 5.41) is 11.1. The van der Waals surface area contributed by atoms with Crippen LogP contribution in [-0.4, -0.2) is 104 Å². The predicted octanol–water partition coefficient (Wildman–Crippen LogP) is 1.40. The van der Waals surface area contributed by atoms with Gasteiger partial charge in [0, 0.05) is 51.7 Å². The minimum atomic E-state index is -1.60. The van der Waals surface area contributed by atoms with Crippen molar-refractivity contribution in [2.45, 2.75) is 68.7 Å². The lowest BCUT2D eigenvalue weighted by molar-refractivity contribution is -0.317. The normalized spacial score (nSPS) is 34.4. The number of hydrogen-bond donors (Lipinski definition) is 1. The molecule has 1 amide bonds. The predicted molar refractivity (Wildman–Crippen MR) is 138 cm³/mol. The second-order valence-corrected chi connectivity index (χ2v) is 10.3. The van der Waals surface area contributed by atoms with Gasteiger partial charge in [0.1, 0.15) is 30.2 Å². The third-order valence-corrected chi connectivity index (χ3v) is 8.11. The summed E-state index contributed by atoms with van der Waals surface area (Å²) in [5.74, 6) is -0.204. The molecule has 1 saturated heterocycles. The number of likely N-dealkylation sites (N-methyl/N-ethyl adjacent to an activating group) is 1. The molecule has 1 N–H and O–H groups in total. The third-order valence-electron chi connectivity index (χ3n) is 7.24. The molecule has 1 fully saturated rings. The zero-order valence-corrected chi connectivity index (χ0v) is 23.7. The van der Waals surface area contributed by atoms with E-state index in [2.05, 4.69) is 22.6 Å². The zero-order chi connectivity index (χ0) is 26.9. The van der Waals surface area contributed by atoms with Crippen molar-refractivity contribution >= 4 is 34.3 Å². The van der Waals surface area contributed by atoms with Crippen LogP contribution in [0.25, 0.3) is 0 Å². The van der Waals surface area contributed by atoms with E-state index in [1.807, 2.05) is 0 Å². The number of halogens is 1.